The zero-order valence-corrected chi connectivity index (χ0v) is 17.1. The van der Waals surface area contributed by atoms with Crippen molar-refractivity contribution in [1.82, 2.24) is 25.0 Å². The van der Waals surface area contributed by atoms with E-state index >= 15 is 0 Å². The number of hydrogen-bond donors (Lipinski definition) is 1. The van der Waals surface area contributed by atoms with Crippen molar-refractivity contribution in [1.29, 1.82) is 0 Å². The van der Waals surface area contributed by atoms with E-state index in [2.05, 4.69) is 15.4 Å². The molecule has 2 aliphatic rings. The van der Waals surface area contributed by atoms with Crippen LogP contribution in [0.4, 0.5) is 0 Å². The zero-order valence-electron chi connectivity index (χ0n) is 17.1. The smallest absolute Gasteiger partial charge is 0.255 e. The van der Waals surface area contributed by atoms with E-state index in [9.17, 15) is 9.59 Å². The van der Waals surface area contributed by atoms with Crippen molar-refractivity contribution in [3.63, 3.8) is 0 Å². The standard InChI is InChI=1S/C21H27N5O3/c1-14-23-15(2)26(24-14)12-19(27)25(3)16-8-10-21(11-9-16)13-22-20(28)17-6-4-5-7-18(17)29-21/h4-7,16H,8-13H2,1-3H3,(H,22,28). The number of benzene rings is 1. The molecule has 2 heterocycles. The zero-order chi connectivity index (χ0) is 20.6. The van der Waals surface area contributed by atoms with Crippen LogP contribution in [-0.4, -0.2) is 56.7 Å². The van der Waals surface area contributed by atoms with E-state index < -0.39 is 5.60 Å². The number of para-hydroxylation sites is 1. The van der Waals surface area contributed by atoms with Crippen molar-refractivity contribution in [3.8, 4) is 5.75 Å². The molecule has 0 unspecified atom stereocenters. The Morgan fingerprint density at radius 1 is 1.31 bits per heavy atom. The lowest BCUT2D eigenvalue weighted by Crippen LogP contribution is -2.51. The lowest BCUT2D eigenvalue weighted by atomic mass is 9.81. The van der Waals surface area contributed by atoms with Crippen LogP contribution in [0.1, 0.15) is 47.7 Å². The Hall–Kier alpha value is -2.90. The van der Waals surface area contributed by atoms with Crippen LogP contribution in [0.25, 0.3) is 0 Å². The number of fused-ring (bicyclic) bond motifs is 1. The molecule has 1 aliphatic heterocycles. The molecular weight excluding hydrogens is 370 g/mol. The minimum Gasteiger partial charge on any atom is -0.485 e. The number of carbonyl (C=O) groups is 2. The second kappa shape index (κ2) is 7.50. The fraction of sp³-hybridized carbons (Fsp3) is 0.524. The number of ether oxygens (including phenoxy) is 1. The van der Waals surface area contributed by atoms with Crippen molar-refractivity contribution >= 4 is 11.8 Å². The van der Waals surface area contributed by atoms with Gasteiger partial charge < -0.3 is 15.0 Å². The monoisotopic (exact) mass is 397 g/mol. The second-order valence-corrected chi connectivity index (χ2v) is 8.06. The maximum atomic E-state index is 12.8. The predicted molar refractivity (Wildman–Crippen MR) is 107 cm³/mol. The van der Waals surface area contributed by atoms with Gasteiger partial charge in [-0.25, -0.2) is 9.67 Å². The van der Waals surface area contributed by atoms with Gasteiger partial charge in [0.25, 0.3) is 5.91 Å². The van der Waals surface area contributed by atoms with Gasteiger partial charge in [0.05, 0.1) is 12.1 Å². The maximum Gasteiger partial charge on any atom is 0.255 e. The SMILES string of the molecule is Cc1nc(C)n(CC(=O)N(C)C2CCC3(CC2)CNC(=O)c2ccccc2O3)n1. The third-order valence-electron chi connectivity index (χ3n) is 6.08. The summed E-state index contributed by atoms with van der Waals surface area (Å²) < 4.78 is 8.00. The lowest BCUT2D eigenvalue weighted by Gasteiger charge is -2.42. The highest BCUT2D eigenvalue weighted by Gasteiger charge is 2.41. The third kappa shape index (κ3) is 3.83. The molecule has 0 atom stereocenters. The average molecular weight is 397 g/mol. The summed E-state index contributed by atoms with van der Waals surface area (Å²) in [6, 6.07) is 7.52. The first kappa shape index (κ1) is 19.4. The minimum atomic E-state index is -0.414. The average Bonchev–Trinajstić information content (AvgIpc) is 2.95. The van der Waals surface area contributed by atoms with Crippen molar-refractivity contribution in [3.05, 3.63) is 41.5 Å². The first-order valence-electron chi connectivity index (χ1n) is 10.1. The minimum absolute atomic E-state index is 0.0272. The summed E-state index contributed by atoms with van der Waals surface area (Å²) in [7, 11) is 1.86. The summed E-state index contributed by atoms with van der Waals surface area (Å²) in [6.45, 7) is 4.36. The second-order valence-electron chi connectivity index (χ2n) is 8.06. The third-order valence-corrected chi connectivity index (χ3v) is 6.08. The van der Waals surface area contributed by atoms with E-state index in [1.54, 1.807) is 10.7 Å². The van der Waals surface area contributed by atoms with Crippen molar-refractivity contribution in [2.75, 3.05) is 13.6 Å². The summed E-state index contributed by atoms with van der Waals surface area (Å²) in [6.07, 6.45) is 3.22. The van der Waals surface area contributed by atoms with Gasteiger partial charge in [0.15, 0.2) is 0 Å². The summed E-state index contributed by atoms with van der Waals surface area (Å²) in [4.78, 5) is 31.2. The number of rotatable bonds is 3. The van der Waals surface area contributed by atoms with Crippen LogP contribution < -0.4 is 10.1 Å². The highest BCUT2D eigenvalue weighted by atomic mass is 16.5. The van der Waals surface area contributed by atoms with Crippen molar-refractivity contribution in [2.45, 2.75) is 57.7 Å². The van der Waals surface area contributed by atoms with Crippen molar-refractivity contribution in [2.24, 2.45) is 0 Å². The molecule has 2 amide bonds. The van der Waals surface area contributed by atoms with Gasteiger partial charge in [-0.1, -0.05) is 12.1 Å². The van der Waals surface area contributed by atoms with Crippen molar-refractivity contribution < 1.29 is 14.3 Å². The molecule has 8 heteroatoms. The molecule has 8 nitrogen and oxygen atoms in total. The number of hydrogen-bond acceptors (Lipinski definition) is 5. The topological polar surface area (TPSA) is 89.4 Å². The van der Waals surface area contributed by atoms with E-state index in [1.807, 2.05) is 44.0 Å². The van der Waals surface area contributed by atoms with Crippen LogP contribution in [0.15, 0.2) is 24.3 Å². The lowest BCUT2D eigenvalue weighted by molar-refractivity contribution is -0.134. The molecule has 1 aliphatic carbocycles. The Labute approximate surface area is 170 Å². The molecule has 1 spiro atoms. The summed E-state index contributed by atoms with van der Waals surface area (Å²) >= 11 is 0. The number of amides is 2. The molecule has 1 saturated carbocycles. The molecule has 0 saturated heterocycles. The Morgan fingerprint density at radius 2 is 2.03 bits per heavy atom. The van der Waals surface area contributed by atoms with E-state index in [-0.39, 0.29) is 24.4 Å². The quantitative estimate of drug-likeness (QED) is 0.854. The van der Waals surface area contributed by atoms with Crippen LogP contribution in [0.3, 0.4) is 0 Å². The first-order valence-corrected chi connectivity index (χ1v) is 10.1. The van der Waals surface area contributed by atoms with Gasteiger partial charge in [-0.3, -0.25) is 9.59 Å². The summed E-state index contributed by atoms with van der Waals surface area (Å²) in [5, 5.41) is 7.29. The Balaban J connectivity index is 1.40. The molecule has 154 valence electrons. The van der Waals surface area contributed by atoms with Crippen LogP contribution in [0.2, 0.25) is 0 Å². The number of likely N-dealkylation sites (N-methyl/N-ethyl adjacent to an activating group) is 1. The van der Waals surface area contributed by atoms with Gasteiger partial charge in [0.2, 0.25) is 5.91 Å². The molecule has 0 bridgehead atoms. The van der Waals surface area contributed by atoms with Crippen LogP contribution >= 0.6 is 0 Å². The number of carbonyl (C=O) groups excluding carboxylic acids is 2. The Morgan fingerprint density at radius 3 is 2.72 bits per heavy atom. The molecule has 1 fully saturated rings. The van der Waals surface area contributed by atoms with Gasteiger partial charge in [0, 0.05) is 13.1 Å². The largest absolute Gasteiger partial charge is 0.485 e. The number of nitrogens with zero attached hydrogens (tertiary/aromatic N) is 4. The highest BCUT2D eigenvalue weighted by molar-refractivity contribution is 5.97. The van der Waals surface area contributed by atoms with E-state index in [1.165, 1.54) is 0 Å². The predicted octanol–water partition coefficient (Wildman–Crippen LogP) is 1.86. The fourth-order valence-corrected chi connectivity index (χ4v) is 4.30. The van der Waals surface area contributed by atoms with Gasteiger partial charge in [-0.2, -0.15) is 5.10 Å². The molecule has 4 rings (SSSR count). The van der Waals surface area contributed by atoms with E-state index in [0.717, 1.165) is 31.5 Å². The van der Waals surface area contributed by atoms with Gasteiger partial charge in [0.1, 0.15) is 29.5 Å². The van der Waals surface area contributed by atoms with Crippen LogP contribution in [0, 0.1) is 13.8 Å². The maximum absolute atomic E-state index is 12.8. The summed E-state index contributed by atoms with van der Waals surface area (Å²) in [5.41, 5.74) is 0.166. The molecule has 1 aromatic heterocycles. The first-order chi connectivity index (χ1) is 13.9. The van der Waals surface area contributed by atoms with Crippen LogP contribution in [-0.2, 0) is 11.3 Å². The molecule has 2 aromatic rings. The highest BCUT2D eigenvalue weighted by Crippen LogP contribution is 2.37. The van der Waals surface area contributed by atoms with Gasteiger partial charge in [-0.05, 0) is 51.7 Å². The van der Waals surface area contributed by atoms with E-state index in [4.69, 9.17) is 4.74 Å². The van der Waals surface area contributed by atoms with Gasteiger partial charge in [-0.15, -0.1) is 0 Å². The Kier molecular flexibility index (Phi) is 5.02. The van der Waals surface area contributed by atoms with Gasteiger partial charge >= 0.3 is 0 Å². The Bertz CT molecular complexity index is 930. The normalized spacial score (nSPS) is 23.7. The molecular formula is C21H27N5O3. The molecule has 29 heavy (non-hydrogen) atoms. The number of aromatic nitrogens is 3. The number of nitrogens with one attached hydrogen (secondary N) is 1. The van der Waals surface area contributed by atoms with E-state index in [0.29, 0.717) is 23.7 Å². The number of aryl methyl sites for hydroxylation is 2. The molecule has 0 radical (unpaired) electrons. The molecule has 1 aromatic carbocycles. The summed E-state index contributed by atoms with van der Waals surface area (Å²) in [5.74, 6) is 1.99. The fourth-order valence-electron chi connectivity index (χ4n) is 4.30. The molecule has 1 N–H and O–H groups in total. The van der Waals surface area contributed by atoms with Crippen LogP contribution in [0.5, 0.6) is 5.75 Å².